The Morgan fingerprint density at radius 2 is 2.15 bits per heavy atom. The summed E-state index contributed by atoms with van der Waals surface area (Å²) in [5.74, 6) is 0. The van der Waals surface area contributed by atoms with E-state index in [9.17, 15) is 4.79 Å². The van der Waals surface area contributed by atoms with Gasteiger partial charge in [-0.3, -0.25) is 0 Å². The van der Waals surface area contributed by atoms with Gasteiger partial charge in [0.25, 0.3) is 0 Å². The van der Waals surface area contributed by atoms with Crippen LogP contribution in [0.25, 0.3) is 0 Å². The van der Waals surface area contributed by atoms with E-state index in [1.54, 1.807) is 7.11 Å². The zero-order chi connectivity index (χ0) is 9.52. The lowest BCUT2D eigenvalue weighted by Crippen LogP contribution is -2.41. The molecule has 0 saturated heterocycles. The van der Waals surface area contributed by atoms with Crippen molar-refractivity contribution >= 4 is 6.03 Å². The number of carbonyl (C=O) groups excluding carboxylic acids is 1. The monoisotopic (exact) mass is 186 g/mol. The molecule has 1 aliphatic rings. The van der Waals surface area contributed by atoms with E-state index in [0.717, 1.165) is 12.8 Å². The lowest BCUT2D eigenvalue weighted by molar-refractivity contribution is 0.195. The van der Waals surface area contributed by atoms with E-state index in [0.29, 0.717) is 19.2 Å². The van der Waals surface area contributed by atoms with E-state index in [4.69, 9.17) is 4.74 Å². The Kier molecular flexibility index (Phi) is 4.60. The average molecular weight is 186 g/mol. The molecule has 0 atom stereocenters. The minimum atomic E-state index is -0.0658. The van der Waals surface area contributed by atoms with Crippen LogP contribution in [0.4, 0.5) is 4.79 Å². The first kappa shape index (κ1) is 10.3. The van der Waals surface area contributed by atoms with E-state index in [-0.39, 0.29) is 6.03 Å². The van der Waals surface area contributed by atoms with Crippen molar-refractivity contribution < 1.29 is 9.53 Å². The average Bonchev–Trinajstić information content (AvgIpc) is 2.57. The molecule has 2 amide bonds. The summed E-state index contributed by atoms with van der Waals surface area (Å²) < 4.78 is 4.82. The van der Waals surface area contributed by atoms with Crippen molar-refractivity contribution in [1.29, 1.82) is 0 Å². The number of hydrogen-bond donors (Lipinski definition) is 2. The molecule has 0 unspecified atom stereocenters. The highest BCUT2D eigenvalue weighted by atomic mass is 16.5. The number of amides is 2. The van der Waals surface area contributed by atoms with Crippen molar-refractivity contribution in [2.24, 2.45) is 0 Å². The van der Waals surface area contributed by atoms with Gasteiger partial charge in [-0.2, -0.15) is 0 Å². The van der Waals surface area contributed by atoms with Crippen LogP contribution in [-0.2, 0) is 4.74 Å². The van der Waals surface area contributed by atoms with Gasteiger partial charge in [-0.25, -0.2) is 4.79 Å². The van der Waals surface area contributed by atoms with Gasteiger partial charge in [-0.15, -0.1) is 0 Å². The molecule has 4 heteroatoms. The molecule has 0 aliphatic heterocycles. The summed E-state index contributed by atoms with van der Waals surface area (Å²) >= 11 is 0. The number of rotatable bonds is 4. The Hall–Kier alpha value is -0.770. The maximum Gasteiger partial charge on any atom is 0.315 e. The summed E-state index contributed by atoms with van der Waals surface area (Å²) in [5.41, 5.74) is 0. The Bertz CT molecular complexity index is 156. The summed E-state index contributed by atoms with van der Waals surface area (Å²) in [4.78, 5) is 11.2. The Balaban J connectivity index is 2.02. The quantitative estimate of drug-likeness (QED) is 0.640. The highest BCUT2D eigenvalue weighted by Gasteiger charge is 2.16. The first-order valence-corrected chi connectivity index (χ1v) is 4.86. The third-order valence-electron chi connectivity index (χ3n) is 2.28. The lowest BCUT2D eigenvalue weighted by Gasteiger charge is -2.12. The predicted octanol–water partition coefficient (Wildman–Crippen LogP) is 0.875. The van der Waals surface area contributed by atoms with E-state index >= 15 is 0 Å². The van der Waals surface area contributed by atoms with Crippen LogP contribution in [0.2, 0.25) is 0 Å². The van der Waals surface area contributed by atoms with Gasteiger partial charge in [-0.05, 0) is 12.8 Å². The fraction of sp³-hybridized carbons (Fsp3) is 0.889. The zero-order valence-electron chi connectivity index (χ0n) is 8.14. The topological polar surface area (TPSA) is 50.4 Å². The molecule has 0 heterocycles. The molecule has 1 rings (SSSR count). The highest BCUT2D eigenvalue weighted by molar-refractivity contribution is 5.74. The van der Waals surface area contributed by atoms with Crippen molar-refractivity contribution in [3.05, 3.63) is 0 Å². The summed E-state index contributed by atoms with van der Waals surface area (Å²) in [6, 6.07) is 0.325. The minimum absolute atomic E-state index is 0.0658. The molecule has 0 radical (unpaired) electrons. The van der Waals surface area contributed by atoms with Crippen molar-refractivity contribution in [2.45, 2.75) is 31.7 Å². The lowest BCUT2D eigenvalue weighted by atomic mass is 10.3. The molecule has 0 aromatic carbocycles. The van der Waals surface area contributed by atoms with E-state index < -0.39 is 0 Å². The largest absolute Gasteiger partial charge is 0.383 e. The SMILES string of the molecule is COCCNC(=O)NC1CCCC1. The molecule has 1 fully saturated rings. The van der Waals surface area contributed by atoms with Crippen LogP contribution in [0.1, 0.15) is 25.7 Å². The Labute approximate surface area is 79.0 Å². The van der Waals surface area contributed by atoms with Crippen molar-refractivity contribution in [1.82, 2.24) is 10.6 Å². The van der Waals surface area contributed by atoms with Crippen LogP contribution in [0, 0.1) is 0 Å². The van der Waals surface area contributed by atoms with Gasteiger partial charge >= 0.3 is 6.03 Å². The number of urea groups is 1. The van der Waals surface area contributed by atoms with Gasteiger partial charge in [0.2, 0.25) is 0 Å². The second-order valence-electron chi connectivity index (χ2n) is 3.37. The fourth-order valence-electron chi connectivity index (χ4n) is 1.57. The molecular weight excluding hydrogens is 168 g/mol. The second-order valence-corrected chi connectivity index (χ2v) is 3.37. The summed E-state index contributed by atoms with van der Waals surface area (Å²) in [6.07, 6.45) is 4.72. The molecule has 2 N–H and O–H groups in total. The van der Waals surface area contributed by atoms with Gasteiger partial charge in [0.05, 0.1) is 6.61 Å². The zero-order valence-corrected chi connectivity index (χ0v) is 8.14. The van der Waals surface area contributed by atoms with Crippen molar-refractivity contribution in [3.8, 4) is 0 Å². The van der Waals surface area contributed by atoms with Crippen molar-refractivity contribution in [3.63, 3.8) is 0 Å². The van der Waals surface area contributed by atoms with Crippen molar-refractivity contribution in [2.75, 3.05) is 20.3 Å². The summed E-state index contributed by atoms with van der Waals surface area (Å²) in [5, 5.41) is 5.67. The van der Waals surface area contributed by atoms with Crippen LogP contribution >= 0.6 is 0 Å². The number of methoxy groups -OCH3 is 1. The number of carbonyl (C=O) groups is 1. The maximum atomic E-state index is 11.2. The normalized spacial score (nSPS) is 17.3. The van der Waals surface area contributed by atoms with Crippen LogP contribution in [0.15, 0.2) is 0 Å². The number of nitrogens with one attached hydrogen (secondary N) is 2. The smallest absolute Gasteiger partial charge is 0.315 e. The third kappa shape index (κ3) is 4.12. The number of hydrogen-bond acceptors (Lipinski definition) is 2. The fourth-order valence-corrected chi connectivity index (χ4v) is 1.57. The summed E-state index contributed by atoms with van der Waals surface area (Å²) in [7, 11) is 1.62. The Morgan fingerprint density at radius 3 is 2.77 bits per heavy atom. The minimum Gasteiger partial charge on any atom is -0.383 e. The van der Waals surface area contributed by atoms with E-state index in [1.807, 2.05) is 0 Å². The van der Waals surface area contributed by atoms with E-state index in [1.165, 1.54) is 12.8 Å². The van der Waals surface area contributed by atoms with Gasteiger partial charge in [0.1, 0.15) is 0 Å². The Morgan fingerprint density at radius 1 is 1.46 bits per heavy atom. The third-order valence-corrected chi connectivity index (χ3v) is 2.28. The second kappa shape index (κ2) is 5.80. The molecule has 4 nitrogen and oxygen atoms in total. The summed E-state index contributed by atoms with van der Waals surface area (Å²) in [6.45, 7) is 1.15. The van der Waals surface area contributed by atoms with Gasteiger partial charge in [0, 0.05) is 19.7 Å². The predicted molar refractivity (Wildman–Crippen MR) is 50.7 cm³/mol. The molecule has 76 valence electrons. The van der Waals surface area contributed by atoms with Crippen LogP contribution in [-0.4, -0.2) is 32.3 Å². The van der Waals surface area contributed by atoms with Gasteiger partial charge in [-0.1, -0.05) is 12.8 Å². The first-order valence-electron chi connectivity index (χ1n) is 4.86. The molecule has 0 bridgehead atoms. The standard InChI is InChI=1S/C9H18N2O2/c1-13-7-6-10-9(12)11-8-4-2-3-5-8/h8H,2-7H2,1H3,(H2,10,11,12). The highest BCUT2D eigenvalue weighted by Crippen LogP contribution is 2.17. The molecular formula is C9H18N2O2. The van der Waals surface area contributed by atoms with Crippen LogP contribution in [0.3, 0.4) is 0 Å². The number of ether oxygens (including phenoxy) is 1. The molecule has 0 aromatic rings. The molecule has 1 saturated carbocycles. The first-order chi connectivity index (χ1) is 6.33. The maximum absolute atomic E-state index is 11.2. The van der Waals surface area contributed by atoms with Gasteiger partial charge in [0.15, 0.2) is 0 Å². The molecule has 0 aromatic heterocycles. The van der Waals surface area contributed by atoms with Gasteiger partial charge < -0.3 is 15.4 Å². The van der Waals surface area contributed by atoms with Crippen LogP contribution < -0.4 is 10.6 Å². The van der Waals surface area contributed by atoms with Crippen LogP contribution in [0.5, 0.6) is 0 Å². The molecule has 0 spiro atoms. The van der Waals surface area contributed by atoms with E-state index in [2.05, 4.69) is 10.6 Å². The molecule has 1 aliphatic carbocycles. The molecule has 13 heavy (non-hydrogen) atoms.